The second-order valence-electron chi connectivity index (χ2n) is 3.56. The molecule has 0 fully saturated rings. The van der Waals surface area contributed by atoms with E-state index >= 15 is 0 Å². The van der Waals surface area contributed by atoms with E-state index in [0.717, 1.165) is 10.6 Å². The van der Waals surface area contributed by atoms with Crippen molar-refractivity contribution in [3.63, 3.8) is 0 Å². The second kappa shape index (κ2) is 6.25. The van der Waals surface area contributed by atoms with Gasteiger partial charge in [0.25, 0.3) is 5.91 Å². The largest absolute Gasteiger partial charge is 0.383 e. The Morgan fingerprint density at radius 1 is 1.44 bits per heavy atom. The fourth-order valence-corrected chi connectivity index (χ4v) is 1.37. The van der Waals surface area contributed by atoms with Gasteiger partial charge in [0.05, 0.1) is 7.11 Å². The van der Waals surface area contributed by atoms with Crippen LogP contribution in [0.2, 0.25) is 0 Å². The highest BCUT2D eigenvalue weighted by atomic mass is 16.7. The summed E-state index contributed by atoms with van der Waals surface area (Å²) in [5.74, 6) is -0.418. The van der Waals surface area contributed by atoms with Crippen molar-refractivity contribution in [2.24, 2.45) is 0 Å². The lowest BCUT2D eigenvalue weighted by Crippen LogP contribution is -2.35. The fourth-order valence-electron chi connectivity index (χ4n) is 1.37. The SMILES string of the molecule is CON(C)C(=O)C(O)CCc1ccccc1. The zero-order chi connectivity index (χ0) is 12.0. The quantitative estimate of drug-likeness (QED) is 0.758. The van der Waals surface area contributed by atoms with E-state index in [0.29, 0.717) is 12.8 Å². The number of likely N-dealkylation sites (N-methyl/N-ethyl adjacent to an activating group) is 1. The molecule has 0 saturated heterocycles. The molecule has 1 aromatic rings. The number of rotatable bonds is 5. The Morgan fingerprint density at radius 3 is 2.62 bits per heavy atom. The molecule has 0 aromatic heterocycles. The van der Waals surface area contributed by atoms with Gasteiger partial charge >= 0.3 is 0 Å². The highest BCUT2D eigenvalue weighted by molar-refractivity contribution is 5.79. The van der Waals surface area contributed by atoms with Gasteiger partial charge in [-0.15, -0.1) is 0 Å². The van der Waals surface area contributed by atoms with Gasteiger partial charge in [0.15, 0.2) is 0 Å². The van der Waals surface area contributed by atoms with Crippen LogP contribution >= 0.6 is 0 Å². The summed E-state index contributed by atoms with van der Waals surface area (Å²) in [5.41, 5.74) is 1.11. The van der Waals surface area contributed by atoms with Crippen molar-refractivity contribution in [1.82, 2.24) is 5.06 Å². The monoisotopic (exact) mass is 223 g/mol. The van der Waals surface area contributed by atoms with Gasteiger partial charge in [-0.1, -0.05) is 30.3 Å². The molecule has 0 aliphatic heterocycles. The van der Waals surface area contributed by atoms with Crippen molar-refractivity contribution in [3.05, 3.63) is 35.9 Å². The molecule has 1 N–H and O–H groups in total. The molecule has 88 valence electrons. The van der Waals surface area contributed by atoms with Crippen LogP contribution in [0.5, 0.6) is 0 Å². The van der Waals surface area contributed by atoms with Crippen LogP contribution in [0.1, 0.15) is 12.0 Å². The van der Waals surface area contributed by atoms with E-state index in [1.165, 1.54) is 14.2 Å². The molecule has 1 rings (SSSR count). The number of aliphatic hydroxyl groups is 1. The molecule has 0 aliphatic carbocycles. The topological polar surface area (TPSA) is 49.8 Å². The second-order valence-corrected chi connectivity index (χ2v) is 3.56. The number of benzene rings is 1. The summed E-state index contributed by atoms with van der Waals surface area (Å²) >= 11 is 0. The maximum atomic E-state index is 11.4. The zero-order valence-corrected chi connectivity index (χ0v) is 9.59. The standard InChI is InChI=1S/C12H17NO3/c1-13(16-2)12(15)11(14)9-8-10-6-4-3-5-7-10/h3-7,11,14H,8-9H2,1-2H3. The first-order valence-corrected chi connectivity index (χ1v) is 5.19. The van der Waals surface area contributed by atoms with Crippen molar-refractivity contribution in [1.29, 1.82) is 0 Å². The van der Waals surface area contributed by atoms with Crippen molar-refractivity contribution >= 4 is 5.91 Å². The molecule has 0 saturated carbocycles. The summed E-state index contributed by atoms with van der Waals surface area (Å²) in [7, 11) is 2.87. The van der Waals surface area contributed by atoms with Gasteiger partial charge in [0.1, 0.15) is 6.10 Å². The summed E-state index contributed by atoms with van der Waals surface area (Å²) in [6.07, 6.45) is 0.0622. The molecule has 1 unspecified atom stereocenters. The number of amides is 1. The van der Waals surface area contributed by atoms with Crippen LogP contribution in [0.4, 0.5) is 0 Å². The van der Waals surface area contributed by atoms with Crippen LogP contribution < -0.4 is 0 Å². The van der Waals surface area contributed by atoms with Crippen LogP contribution in [0.3, 0.4) is 0 Å². The molecule has 4 heteroatoms. The van der Waals surface area contributed by atoms with Gasteiger partial charge in [-0.25, -0.2) is 5.06 Å². The number of carbonyl (C=O) groups is 1. The summed E-state index contributed by atoms with van der Waals surface area (Å²) in [5, 5.41) is 10.6. The van der Waals surface area contributed by atoms with Gasteiger partial charge in [0, 0.05) is 7.05 Å². The third kappa shape index (κ3) is 3.64. The average Bonchev–Trinajstić information content (AvgIpc) is 2.35. The van der Waals surface area contributed by atoms with E-state index in [2.05, 4.69) is 0 Å². The van der Waals surface area contributed by atoms with Crippen molar-refractivity contribution in [2.45, 2.75) is 18.9 Å². The lowest BCUT2D eigenvalue weighted by atomic mass is 10.1. The first-order chi connectivity index (χ1) is 7.65. The first-order valence-electron chi connectivity index (χ1n) is 5.19. The molecule has 4 nitrogen and oxygen atoms in total. The smallest absolute Gasteiger partial charge is 0.274 e. The van der Waals surface area contributed by atoms with Crippen LogP contribution in [0.25, 0.3) is 0 Å². The summed E-state index contributed by atoms with van der Waals surface area (Å²) in [6, 6.07) is 9.74. The predicted octanol–water partition coefficient (Wildman–Crippen LogP) is 1.000. The average molecular weight is 223 g/mol. The summed E-state index contributed by atoms with van der Waals surface area (Å²) in [6.45, 7) is 0. The molecule has 0 aliphatic rings. The van der Waals surface area contributed by atoms with Crippen molar-refractivity contribution in [3.8, 4) is 0 Å². The highest BCUT2D eigenvalue weighted by Gasteiger charge is 2.18. The summed E-state index contributed by atoms with van der Waals surface area (Å²) in [4.78, 5) is 16.2. The third-order valence-electron chi connectivity index (χ3n) is 2.42. The molecular formula is C12H17NO3. The van der Waals surface area contributed by atoms with Gasteiger partial charge in [-0.05, 0) is 18.4 Å². The lowest BCUT2D eigenvalue weighted by Gasteiger charge is -2.17. The van der Waals surface area contributed by atoms with Gasteiger partial charge in [-0.3, -0.25) is 9.63 Å². The summed E-state index contributed by atoms with van der Waals surface area (Å²) < 4.78 is 0. The normalized spacial score (nSPS) is 12.2. The molecule has 1 aromatic carbocycles. The van der Waals surface area contributed by atoms with Crippen LogP contribution in [-0.4, -0.2) is 36.3 Å². The highest BCUT2D eigenvalue weighted by Crippen LogP contribution is 2.06. The van der Waals surface area contributed by atoms with E-state index in [4.69, 9.17) is 4.84 Å². The van der Waals surface area contributed by atoms with Gasteiger partial charge in [0.2, 0.25) is 0 Å². The minimum absolute atomic E-state index is 0.399. The Bertz CT molecular complexity index is 326. The molecule has 0 heterocycles. The Labute approximate surface area is 95.4 Å². The number of nitrogens with zero attached hydrogens (tertiary/aromatic N) is 1. The zero-order valence-electron chi connectivity index (χ0n) is 9.59. The molecule has 16 heavy (non-hydrogen) atoms. The molecule has 0 bridgehead atoms. The molecule has 0 radical (unpaired) electrons. The number of hydroxylamine groups is 2. The Hall–Kier alpha value is -1.39. The van der Waals surface area contributed by atoms with Gasteiger partial charge in [-0.2, -0.15) is 0 Å². The Morgan fingerprint density at radius 2 is 2.06 bits per heavy atom. The van der Waals surface area contributed by atoms with Crippen molar-refractivity contribution in [2.75, 3.05) is 14.2 Å². The third-order valence-corrected chi connectivity index (χ3v) is 2.42. The predicted molar refractivity (Wildman–Crippen MR) is 60.5 cm³/mol. The van der Waals surface area contributed by atoms with Crippen molar-refractivity contribution < 1.29 is 14.7 Å². The Kier molecular flexibility index (Phi) is 4.95. The minimum atomic E-state index is -1.01. The van der Waals surface area contributed by atoms with E-state index in [1.54, 1.807) is 0 Å². The van der Waals surface area contributed by atoms with E-state index in [1.807, 2.05) is 30.3 Å². The maximum Gasteiger partial charge on any atom is 0.274 e. The fraction of sp³-hybridized carbons (Fsp3) is 0.417. The van der Waals surface area contributed by atoms with E-state index < -0.39 is 12.0 Å². The molecular weight excluding hydrogens is 206 g/mol. The minimum Gasteiger partial charge on any atom is -0.383 e. The molecule has 0 spiro atoms. The maximum absolute atomic E-state index is 11.4. The lowest BCUT2D eigenvalue weighted by molar-refractivity contribution is -0.178. The number of aliphatic hydroxyl groups excluding tert-OH is 1. The van der Waals surface area contributed by atoms with Crippen LogP contribution in [0.15, 0.2) is 30.3 Å². The number of carbonyl (C=O) groups excluding carboxylic acids is 1. The molecule has 1 atom stereocenters. The van der Waals surface area contributed by atoms with Crippen LogP contribution in [-0.2, 0) is 16.1 Å². The van der Waals surface area contributed by atoms with E-state index in [-0.39, 0.29) is 0 Å². The molecule has 1 amide bonds. The van der Waals surface area contributed by atoms with E-state index in [9.17, 15) is 9.90 Å². The van der Waals surface area contributed by atoms with Gasteiger partial charge < -0.3 is 5.11 Å². The first kappa shape index (κ1) is 12.7. The number of aryl methyl sites for hydroxylation is 1. The number of hydrogen-bond acceptors (Lipinski definition) is 3. The Balaban J connectivity index is 2.41. The number of hydrogen-bond donors (Lipinski definition) is 1. The van der Waals surface area contributed by atoms with Crippen LogP contribution in [0, 0.1) is 0 Å².